The molecule has 84 valence electrons. The summed E-state index contributed by atoms with van der Waals surface area (Å²) in [6.45, 7) is 3.62. The number of ether oxygens (including phenoxy) is 2. The fourth-order valence-electron chi connectivity index (χ4n) is 1.06. The minimum Gasteiger partial charge on any atom is -0.460 e. The molecule has 1 aliphatic heterocycles. The van der Waals surface area contributed by atoms with Crippen molar-refractivity contribution >= 4 is 17.7 Å². The maximum atomic E-state index is 10.3. The Balaban J connectivity index is 0.000000280. The topological polar surface area (TPSA) is 35.5 Å². The lowest BCUT2D eigenvalue weighted by Crippen LogP contribution is -2.17. The standard InChI is InChI=1S/C6H12O3.C4H8S/c1-5(4-8-3)9-6(2)7;1-2-4-5-3-1/h5H,4H2,1-3H3;1-4H2. The Morgan fingerprint density at radius 2 is 2.00 bits per heavy atom. The van der Waals surface area contributed by atoms with Crippen LogP contribution in [0.2, 0.25) is 0 Å². The van der Waals surface area contributed by atoms with Gasteiger partial charge in [-0.3, -0.25) is 4.79 Å². The van der Waals surface area contributed by atoms with Crippen LogP contribution in [0, 0.1) is 0 Å². The van der Waals surface area contributed by atoms with Gasteiger partial charge >= 0.3 is 5.97 Å². The molecular formula is C10H20O3S. The van der Waals surface area contributed by atoms with E-state index < -0.39 is 0 Å². The van der Waals surface area contributed by atoms with Gasteiger partial charge in [0.2, 0.25) is 0 Å². The molecule has 1 heterocycles. The molecule has 0 bridgehead atoms. The Kier molecular flexibility index (Phi) is 9.19. The summed E-state index contributed by atoms with van der Waals surface area (Å²) in [5.41, 5.74) is 0. The third-order valence-corrected chi connectivity index (χ3v) is 2.75. The van der Waals surface area contributed by atoms with Gasteiger partial charge in [-0.25, -0.2) is 0 Å². The van der Waals surface area contributed by atoms with E-state index in [-0.39, 0.29) is 12.1 Å². The van der Waals surface area contributed by atoms with Gasteiger partial charge in [0.05, 0.1) is 6.61 Å². The van der Waals surface area contributed by atoms with Crippen LogP contribution in [0.1, 0.15) is 26.7 Å². The van der Waals surface area contributed by atoms with Gasteiger partial charge in [0.1, 0.15) is 6.10 Å². The molecule has 0 aliphatic carbocycles. The Morgan fingerprint density at radius 3 is 2.29 bits per heavy atom. The highest BCUT2D eigenvalue weighted by molar-refractivity contribution is 7.99. The molecule has 3 nitrogen and oxygen atoms in total. The van der Waals surface area contributed by atoms with Gasteiger partial charge in [0.25, 0.3) is 0 Å². The van der Waals surface area contributed by atoms with Crippen LogP contribution in [-0.4, -0.2) is 37.3 Å². The summed E-state index contributed by atoms with van der Waals surface area (Å²) in [6.07, 6.45) is 2.79. The summed E-state index contributed by atoms with van der Waals surface area (Å²) in [4.78, 5) is 10.3. The van der Waals surface area contributed by atoms with Crippen molar-refractivity contribution in [3.63, 3.8) is 0 Å². The average Bonchev–Trinajstić information content (AvgIpc) is 2.59. The lowest BCUT2D eigenvalue weighted by atomic mass is 10.4. The lowest BCUT2D eigenvalue weighted by molar-refractivity contribution is -0.147. The largest absolute Gasteiger partial charge is 0.460 e. The van der Waals surface area contributed by atoms with E-state index in [2.05, 4.69) is 11.8 Å². The van der Waals surface area contributed by atoms with Crippen molar-refractivity contribution in [3.05, 3.63) is 0 Å². The molecule has 14 heavy (non-hydrogen) atoms. The first-order valence-electron chi connectivity index (χ1n) is 4.90. The summed E-state index contributed by atoms with van der Waals surface area (Å²) < 4.78 is 9.45. The van der Waals surface area contributed by atoms with Crippen LogP contribution in [0.5, 0.6) is 0 Å². The molecule has 1 aliphatic rings. The fraction of sp³-hybridized carbons (Fsp3) is 0.900. The SMILES string of the molecule is C1CCSC1.COCC(C)OC(C)=O. The molecule has 1 atom stereocenters. The van der Waals surface area contributed by atoms with E-state index in [9.17, 15) is 4.79 Å². The molecule has 1 saturated heterocycles. The van der Waals surface area contributed by atoms with Crippen molar-refractivity contribution in [1.82, 2.24) is 0 Å². The first-order valence-corrected chi connectivity index (χ1v) is 6.06. The summed E-state index contributed by atoms with van der Waals surface area (Å²) in [5.74, 6) is 2.57. The molecule has 1 rings (SSSR count). The zero-order chi connectivity index (χ0) is 10.8. The number of carbonyl (C=O) groups excluding carboxylic acids is 1. The highest BCUT2D eigenvalue weighted by Crippen LogP contribution is 2.14. The predicted molar refractivity (Wildman–Crippen MR) is 59.7 cm³/mol. The molecule has 0 spiro atoms. The molecule has 0 aromatic rings. The maximum Gasteiger partial charge on any atom is 0.302 e. The summed E-state index contributed by atoms with van der Waals surface area (Å²) in [6, 6.07) is 0. The van der Waals surface area contributed by atoms with Gasteiger partial charge in [-0.05, 0) is 31.3 Å². The van der Waals surface area contributed by atoms with E-state index in [0.29, 0.717) is 6.61 Å². The molecule has 1 fully saturated rings. The van der Waals surface area contributed by atoms with Crippen molar-refractivity contribution < 1.29 is 14.3 Å². The fourth-order valence-corrected chi connectivity index (χ4v) is 2.08. The average molecular weight is 220 g/mol. The highest BCUT2D eigenvalue weighted by atomic mass is 32.2. The number of hydrogen-bond donors (Lipinski definition) is 0. The van der Waals surface area contributed by atoms with Crippen LogP contribution < -0.4 is 0 Å². The molecule has 1 unspecified atom stereocenters. The van der Waals surface area contributed by atoms with E-state index in [0.717, 1.165) is 0 Å². The zero-order valence-corrected chi connectivity index (χ0v) is 10.1. The number of rotatable bonds is 3. The Bertz CT molecular complexity index is 139. The minimum absolute atomic E-state index is 0.132. The maximum absolute atomic E-state index is 10.3. The Labute approximate surface area is 90.5 Å². The molecular weight excluding hydrogens is 200 g/mol. The summed E-state index contributed by atoms with van der Waals surface area (Å²) >= 11 is 2.07. The van der Waals surface area contributed by atoms with E-state index in [1.54, 1.807) is 14.0 Å². The first-order chi connectivity index (χ1) is 6.66. The molecule has 0 radical (unpaired) electrons. The molecule has 0 saturated carbocycles. The molecule has 0 aromatic heterocycles. The van der Waals surface area contributed by atoms with Gasteiger partial charge in [-0.2, -0.15) is 11.8 Å². The molecule has 0 N–H and O–H groups in total. The highest BCUT2D eigenvalue weighted by Gasteiger charge is 2.02. The van der Waals surface area contributed by atoms with E-state index >= 15 is 0 Å². The normalized spacial score (nSPS) is 16.8. The van der Waals surface area contributed by atoms with Gasteiger partial charge in [-0.15, -0.1) is 0 Å². The zero-order valence-electron chi connectivity index (χ0n) is 9.25. The lowest BCUT2D eigenvalue weighted by Gasteiger charge is -2.08. The van der Waals surface area contributed by atoms with Crippen molar-refractivity contribution in [1.29, 1.82) is 0 Å². The van der Waals surface area contributed by atoms with Crippen LogP contribution in [0.25, 0.3) is 0 Å². The second-order valence-electron chi connectivity index (χ2n) is 3.19. The van der Waals surface area contributed by atoms with Crippen molar-refractivity contribution in [2.45, 2.75) is 32.8 Å². The van der Waals surface area contributed by atoms with Crippen molar-refractivity contribution in [2.75, 3.05) is 25.2 Å². The number of hydrogen-bond acceptors (Lipinski definition) is 4. The summed E-state index contributed by atoms with van der Waals surface area (Å²) in [7, 11) is 1.57. The van der Waals surface area contributed by atoms with Crippen molar-refractivity contribution in [2.24, 2.45) is 0 Å². The van der Waals surface area contributed by atoms with E-state index in [4.69, 9.17) is 9.47 Å². The van der Waals surface area contributed by atoms with Gasteiger partial charge in [0.15, 0.2) is 0 Å². The van der Waals surface area contributed by atoms with Gasteiger partial charge in [0, 0.05) is 14.0 Å². The minimum atomic E-state index is -0.264. The van der Waals surface area contributed by atoms with Crippen LogP contribution in [-0.2, 0) is 14.3 Å². The molecule has 4 heteroatoms. The van der Waals surface area contributed by atoms with Crippen LogP contribution in [0.3, 0.4) is 0 Å². The van der Waals surface area contributed by atoms with E-state index in [1.165, 1.54) is 31.3 Å². The Morgan fingerprint density at radius 1 is 1.43 bits per heavy atom. The van der Waals surface area contributed by atoms with E-state index in [1.807, 2.05) is 0 Å². The second-order valence-corrected chi connectivity index (χ2v) is 4.42. The molecule has 0 amide bonds. The summed E-state index contributed by atoms with van der Waals surface area (Å²) in [5, 5.41) is 0. The number of carbonyl (C=O) groups is 1. The predicted octanol–water partition coefficient (Wildman–Crippen LogP) is 2.10. The van der Waals surface area contributed by atoms with Crippen molar-refractivity contribution in [3.8, 4) is 0 Å². The number of esters is 1. The van der Waals surface area contributed by atoms with Gasteiger partial charge < -0.3 is 9.47 Å². The molecule has 0 aromatic carbocycles. The number of thioether (sulfide) groups is 1. The third-order valence-electron chi connectivity index (χ3n) is 1.60. The Hall–Kier alpha value is -0.220. The van der Waals surface area contributed by atoms with Gasteiger partial charge in [-0.1, -0.05) is 0 Å². The van der Waals surface area contributed by atoms with Crippen LogP contribution in [0.15, 0.2) is 0 Å². The third kappa shape index (κ3) is 9.86. The second kappa shape index (κ2) is 9.34. The first kappa shape index (κ1) is 13.8. The van der Waals surface area contributed by atoms with Crippen LogP contribution in [0.4, 0.5) is 0 Å². The van der Waals surface area contributed by atoms with Crippen LogP contribution >= 0.6 is 11.8 Å². The number of methoxy groups -OCH3 is 1. The smallest absolute Gasteiger partial charge is 0.302 e. The monoisotopic (exact) mass is 220 g/mol. The quantitative estimate of drug-likeness (QED) is 0.682.